The van der Waals surface area contributed by atoms with Crippen molar-refractivity contribution in [3.8, 4) is 28.0 Å². The maximum absolute atomic E-state index is 6.29. The average Bonchev–Trinajstić information content (AvgIpc) is 3.00. The normalized spacial score (nSPS) is 10.9. The highest BCUT2D eigenvalue weighted by molar-refractivity contribution is 5.92. The minimum absolute atomic E-state index is 0.695. The van der Waals surface area contributed by atoms with Crippen LogP contribution >= 0.6 is 0 Å². The van der Waals surface area contributed by atoms with Crippen LogP contribution in [0.5, 0.6) is 5.75 Å². The zero-order chi connectivity index (χ0) is 15.9. The number of benzene rings is 1. The molecule has 0 unspecified atom stereocenters. The van der Waals surface area contributed by atoms with E-state index in [0.29, 0.717) is 5.82 Å². The highest BCUT2D eigenvalue weighted by Crippen LogP contribution is 2.41. The molecule has 0 amide bonds. The van der Waals surface area contributed by atoms with Crippen molar-refractivity contribution in [3.63, 3.8) is 0 Å². The van der Waals surface area contributed by atoms with E-state index in [1.165, 1.54) is 0 Å². The standard InChI is InChI=1S/C17H19N3O2/c1-10-15(11(2)22-19-10)16-14(9-20(3)17(16)18)12-5-7-13(21-4)8-6-12/h5-9H,18H2,1-4H3. The largest absolute Gasteiger partial charge is 0.497 e. The van der Waals surface area contributed by atoms with Crippen molar-refractivity contribution in [2.45, 2.75) is 13.8 Å². The van der Waals surface area contributed by atoms with E-state index in [1.54, 1.807) is 7.11 Å². The molecule has 3 rings (SSSR count). The fraction of sp³-hybridized carbons (Fsp3) is 0.235. The summed E-state index contributed by atoms with van der Waals surface area (Å²) in [5.41, 5.74) is 11.2. The molecule has 0 spiro atoms. The van der Waals surface area contributed by atoms with E-state index in [-0.39, 0.29) is 0 Å². The molecule has 0 aliphatic rings. The van der Waals surface area contributed by atoms with Gasteiger partial charge in [-0.2, -0.15) is 0 Å². The van der Waals surface area contributed by atoms with Crippen LogP contribution < -0.4 is 10.5 Å². The molecule has 2 heterocycles. The Morgan fingerprint density at radius 2 is 1.82 bits per heavy atom. The summed E-state index contributed by atoms with van der Waals surface area (Å²) in [6.07, 6.45) is 2.03. The number of hydrogen-bond donors (Lipinski definition) is 1. The number of aromatic nitrogens is 2. The van der Waals surface area contributed by atoms with E-state index < -0.39 is 0 Å². The number of aryl methyl sites for hydroxylation is 3. The van der Waals surface area contributed by atoms with Gasteiger partial charge in [-0.15, -0.1) is 0 Å². The minimum atomic E-state index is 0.695. The molecule has 0 aliphatic heterocycles. The topological polar surface area (TPSA) is 66.2 Å². The van der Waals surface area contributed by atoms with Gasteiger partial charge in [0.05, 0.1) is 18.4 Å². The molecule has 22 heavy (non-hydrogen) atoms. The third kappa shape index (κ3) is 2.15. The maximum atomic E-state index is 6.29. The lowest BCUT2D eigenvalue weighted by Gasteiger charge is -2.06. The summed E-state index contributed by atoms with van der Waals surface area (Å²) < 4.78 is 12.4. The van der Waals surface area contributed by atoms with Gasteiger partial charge in [0.15, 0.2) is 0 Å². The summed E-state index contributed by atoms with van der Waals surface area (Å²) in [5, 5.41) is 4.05. The Labute approximate surface area is 129 Å². The number of methoxy groups -OCH3 is 1. The molecule has 1 aromatic carbocycles. The van der Waals surface area contributed by atoms with E-state index in [4.69, 9.17) is 15.0 Å². The van der Waals surface area contributed by atoms with Gasteiger partial charge in [-0.05, 0) is 31.5 Å². The number of ether oxygens (including phenoxy) is 1. The van der Waals surface area contributed by atoms with Crippen molar-refractivity contribution >= 4 is 5.82 Å². The van der Waals surface area contributed by atoms with E-state index in [0.717, 1.165) is 39.5 Å². The first-order valence-corrected chi connectivity index (χ1v) is 7.05. The smallest absolute Gasteiger partial charge is 0.141 e. The Balaban J connectivity index is 2.22. The zero-order valence-electron chi connectivity index (χ0n) is 13.2. The molecule has 5 nitrogen and oxygen atoms in total. The number of nitrogens with zero attached hydrogens (tertiary/aromatic N) is 2. The van der Waals surface area contributed by atoms with Gasteiger partial charge < -0.3 is 19.6 Å². The van der Waals surface area contributed by atoms with E-state index >= 15 is 0 Å². The number of nitrogen functional groups attached to an aromatic ring is 1. The first-order valence-electron chi connectivity index (χ1n) is 7.05. The monoisotopic (exact) mass is 297 g/mol. The Morgan fingerprint density at radius 1 is 1.14 bits per heavy atom. The molecule has 3 aromatic rings. The quantitative estimate of drug-likeness (QED) is 0.802. The van der Waals surface area contributed by atoms with Gasteiger partial charge in [0.2, 0.25) is 0 Å². The predicted molar refractivity (Wildman–Crippen MR) is 86.8 cm³/mol. The highest BCUT2D eigenvalue weighted by atomic mass is 16.5. The summed E-state index contributed by atoms with van der Waals surface area (Å²) in [7, 11) is 3.59. The SMILES string of the molecule is COc1ccc(-c2cn(C)c(N)c2-c2c(C)noc2C)cc1. The minimum Gasteiger partial charge on any atom is -0.497 e. The Hall–Kier alpha value is -2.69. The zero-order valence-corrected chi connectivity index (χ0v) is 13.2. The maximum Gasteiger partial charge on any atom is 0.141 e. The van der Waals surface area contributed by atoms with Crippen LogP contribution in [0.15, 0.2) is 35.0 Å². The van der Waals surface area contributed by atoms with Crippen LogP contribution in [-0.4, -0.2) is 16.8 Å². The van der Waals surface area contributed by atoms with Gasteiger partial charge in [0.1, 0.15) is 17.3 Å². The van der Waals surface area contributed by atoms with Gasteiger partial charge >= 0.3 is 0 Å². The molecule has 0 radical (unpaired) electrons. The van der Waals surface area contributed by atoms with Crippen molar-refractivity contribution in [3.05, 3.63) is 41.9 Å². The summed E-state index contributed by atoms with van der Waals surface area (Å²) in [6.45, 7) is 3.83. The lowest BCUT2D eigenvalue weighted by Crippen LogP contribution is -1.96. The van der Waals surface area contributed by atoms with Crippen molar-refractivity contribution < 1.29 is 9.26 Å². The number of rotatable bonds is 3. The van der Waals surface area contributed by atoms with E-state index in [9.17, 15) is 0 Å². The molecule has 2 N–H and O–H groups in total. The summed E-state index contributed by atoms with van der Waals surface area (Å²) in [4.78, 5) is 0. The molecular formula is C17H19N3O2. The van der Waals surface area contributed by atoms with Gasteiger partial charge in [-0.1, -0.05) is 17.3 Å². The molecule has 0 saturated carbocycles. The summed E-state index contributed by atoms with van der Waals surface area (Å²) in [5.74, 6) is 2.29. The summed E-state index contributed by atoms with van der Waals surface area (Å²) >= 11 is 0. The lowest BCUT2D eigenvalue weighted by atomic mass is 9.97. The van der Waals surface area contributed by atoms with E-state index in [2.05, 4.69) is 5.16 Å². The molecule has 0 saturated heterocycles. The molecule has 114 valence electrons. The molecule has 0 fully saturated rings. The van der Waals surface area contributed by atoms with Crippen molar-refractivity contribution in [1.82, 2.24) is 9.72 Å². The van der Waals surface area contributed by atoms with Crippen molar-refractivity contribution in [1.29, 1.82) is 0 Å². The lowest BCUT2D eigenvalue weighted by molar-refractivity contribution is 0.393. The van der Waals surface area contributed by atoms with Gasteiger partial charge in [0.25, 0.3) is 0 Å². The first-order chi connectivity index (χ1) is 10.5. The van der Waals surface area contributed by atoms with Crippen LogP contribution in [0.2, 0.25) is 0 Å². The van der Waals surface area contributed by atoms with Crippen LogP contribution in [0.1, 0.15) is 11.5 Å². The van der Waals surface area contributed by atoms with Crippen molar-refractivity contribution in [2.75, 3.05) is 12.8 Å². The fourth-order valence-electron chi connectivity index (χ4n) is 2.73. The van der Waals surface area contributed by atoms with Crippen molar-refractivity contribution in [2.24, 2.45) is 7.05 Å². The fourth-order valence-corrected chi connectivity index (χ4v) is 2.73. The van der Waals surface area contributed by atoms with Crippen LogP contribution in [0.3, 0.4) is 0 Å². The van der Waals surface area contributed by atoms with Gasteiger partial charge in [-0.3, -0.25) is 0 Å². The van der Waals surface area contributed by atoms with Gasteiger partial charge in [-0.25, -0.2) is 0 Å². The Bertz CT molecular complexity index is 794. The van der Waals surface area contributed by atoms with Gasteiger partial charge in [0, 0.05) is 24.4 Å². The molecular weight excluding hydrogens is 278 g/mol. The summed E-state index contributed by atoms with van der Waals surface area (Å²) in [6, 6.07) is 7.93. The second kappa shape index (κ2) is 5.26. The molecule has 5 heteroatoms. The third-order valence-electron chi connectivity index (χ3n) is 3.91. The highest BCUT2D eigenvalue weighted by Gasteiger charge is 2.21. The predicted octanol–water partition coefficient (Wildman–Crippen LogP) is 3.55. The number of anilines is 1. The third-order valence-corrected chi connectivity index (χ3v) is 3.91. The second-order valence-electron chi connectivity index (χ2n) is 5.34. The second-order valence-corrected chi connectivity index (χ2v) is 5.34. The van der Waals surface area contributed by atoms with Crippen LogP contribution in [0, 0.1) is 13.8 Å². The molecule has 0 aliphatic carbocycles. The Kier molecular flexibility index (Phi) is 3.41. The average molecular weight is 297 g/mol. The number of hydrogen-bond acceptors (Lipinski definition) is 4. The molecule has 0 bridgehead atoms. The van der Waals surface area contributed by atoms with E-state index in [1.807, 2.05) is 55.9 Å². The van der Waals surface area contributed by atoms with Crippen LogP contribution in [-0.2, 0) is 7.05 Å². The first kappa shape index (κ1) is 14.3. The Morgan fingerprint density at radius 3 is 2.36 bits per heavy atom. The molecule has 0 atom stereocenters. The van der Waals surface area contributed by atoms with Crippen LogP contribution in [0.25, 0.3) is 22.3 Å². The number of nitrogens with two attached hydrogens (primary N) is 1. The molecule has 2 aromatic heterocycles. The van der Waals surface area contributed by atoms with Crippen LogP contribution in [0.4, 0.5) is 5.82 Å².